The monoisotopic (exact) mass is 585 g/mol. The summed E-state index contributed by atoms with van der Waals surface area (Å²) in [6.07, 6.45) is 10.7. The number of likely N-dealkylation sites (N-methyl/N-ethyl adjacent to an activating group) is 1. The second-order valence-electron chi connectivity index (χ2n) is 11.9. The van der Waals surface area contributed by atoms with Gasteiger partial charge >= 0.3 is 0 Å². The van der Waals surface area contributed by atoms with Crippen LogP contribution in [0.5, 0.6) is 0 Å². The van der Waals surface area contributed by atoms with Gasteiger partial charge in [-0.1, -0.05) is 36.4 Å². The maximum absolute atomic E-state index is 13.8. The van der Waals surface area contributed by atoms with Crippen molar-refractivity contribution < 1.29 is 8.78 Å². The van der Waals surface area contributed by atoms with Crippen LogP contribution in [0, 0.1) is 0 Å². The summed E-state index contributed by atoms with van der Waals surface area (Å²) in [6, 6.07) is 10.6. The standard InChI is InChI=1S/C34H41F2N7/c1-4-37-21-25(20-24(2)22-42-15-13-34(35,36)23-42)28-10-11-31-33(40-28)27(12-14-38-31)30-9-8-26-29(39-30)6-5-7-32(26)43-18-16-41(3)17-19-43/h4-7,9-12,20-21,37-39H,1,8,13-19,22-23H2,2-3H3/b24-20+,25-21+. The Balaban J connectivity index is 1.25. The van der Waals surface area contributed by atoms with E-state index in [0.29, 0.717) is 13.1 Å². The molecule has 0 saturated carbocycles. The van der Waals surface area contributed by atoms with Gasteiger partial charge in [0.25, 0.3) is 5.92 Å². The molecule has 2 fully saturated rings. The molecule has 0 bridgehead atoms. The van der Waals surface area contributed by atoms with Crippen molar-refractivity contribution in [3.63, 3.8) is 0 Å². The molecule has 5 heterocycles. The zero-order chi connectivity index (χ0) is 30.0. The van der Waals surface area contributed by atoms with Gasteiger partial charge in [-0.25, -0.2) is 13.8 Å². The Labute approximate surface area is 253 Å². The topological polar surface area (TPSA) is 58.7 Å². The molecule has 7 nitrogen and oxygen atoms in total. The molecule has 0 aliphatic carbocycles. The number of fused-ring (bicyclic) bond motifs is 2. The van der Waals surface area contributed by atoms with Crippen molar-refractivity contribution in [2.75, 3.05) is 74.9 Å². The highest BCUT2D eigenvalue weighted by Crippen LogP contribution is 2.39. The number of hydrogen-bond donors (Lipinski definition) is 3. The van der Waals surface area contributed by atoms with E-state index in [1.807, 2.05) is 30.2 Å². The van der Waals surface area contributed by atoms with E-state index in [2.05, 4.69) is 75.8 Å². The molecule has 226 valence electrons. The largest absolute Gasteiger partial charge is 0.380 e. The predicted octanol–water partition coefficient (Wildman–Crippen LogP) is 5.56. The summed E-state index contributed by atoms with van der Waals surface area (Å²) in [5.41, 5.74) is 10.5. The summed E-state index contributed by atoms with van der Waals surface area (Å²) >= 11 is 0. The lowest BCUT2D eigenvalue weighted by atomic mass is 9.95. The van der Waals surface area contributed by atoms with E-state index >= 15 is 0 Å². The number of halogens is 2. The van der Waals surface area contributed by atoms with E-state index in [-0.39, 0.29) is 13.0 Å². The van der Waals surface area contributed by atoms with Gasteiger partial charge in [-0.05, 0) is 50.9 Å². The fourth-order valence-electron chi connectivity index (χ4n) is 6.34. The van der Waals surface area contributed by atoms with E-state index in [1.54, 1.807) is 6.20 Å². The summed E-state index contributed by atoms with van der Waals surface area (Å²) < 4.78 is 27.5. The molecule has 3 N–H and O–H groups in total. The highest BCUT2D eigenvalue weighted by molar-refractivity contribution is 5.91. The van der Waals surface area contributed by atoms with Crippen LogP contribution in [0.4, 0.5) is 25.8 Å². The van der Waals surface area contributed by atoms with Crippen LogP contribution < -0.4 is 20.9 Å². The smallest absolute Gasteiger partial charge is 0.261 e. The minimum absolute atomic E-state index is 0.0823. The molecule has 0 amide bonds. The molecule has 9 heteroatoms. The number of nitrogens with zero attached hydrogens (tertiary/aromatic N) is 4. The Hall–Kier alpha value is -3.95. The van der Waals surface area contributed by atoms with Crippen LogP contribution in [0.15, 0.2) is 78.8 Å². The Kier molecular flexibility index (Phi) is 8.36. The number of hydrogen-bond acceptors (Lipinski definition) is 7. The maximum Gasteiger partial charge on any atom is 0.261 e. The predicted molar refractivity (Wildman–Crippen MR) is 173 cm³/mol. The summed E-state index contributed by atoms with van der Waals surface area (Å²) in [6.45, 7) is 11.4. The molecule has 0 unspecified atom stereocenters. The van der Waals surface area contributed by atoms with Gasteiger partial charge in [-0.15, -0.1) is 0 Å². The first kappa shape index (κ1) is 29.1. The lowest BCUT2D eigenvalue weighted by molar-refractivity contribution is 0.0131. The zero-order valence-electron chi connectivity index (χ0n) is 25.1. The van der Waals surface area contributed by atoms with Crippen LogP contribution in [0.3, 0.4) is 0 Å². The van der Waals surface area contributed by atoms with Crippen LogP contribution >= 0.6 is 0 Å². The van der Waals surface area contributed by atoms with Crippen molar-refractivity contribution in [1.82, 2.24) is 20.1 Å². The lowest BCUT2D eigenvalue weighted by Crippen LogP contribution is -2.44. The normalized spacial score (nSPS) is 20.8. The molecule has 4 aliphatic heterocycles. The fraction of sp³-hybridized carbons (Fsp3) is 0.382. The first-order valence-corrected chi connectivity index (χ1v) is 15.1. The molecule has 1 aromatic heterocycles. The number of pyridine rings is 1. The van der Waals surface area contributed by atoms with Gasteiger partial charge in [-0.3, -0.25) is 4.90 Å². The van der Waals surface area contributed by atoms with Crippen molar-refractivity contribution >= 4 is 28.2 Å². The number of allylic oxidation sites excluding steroid dienone is 4. The molecule has 2 saturated heterocycles. The summed E-state index contributed by atoms with van der Waals surface area (Å²) in [4.78, 5) is 11.8. The minimum atomic E-state index is -2.60. The Morgan fingerprint density at radius 3 is 2.70 bits per heavy atom. The van der Waals surface area contributed by atoms with Gasteiger partial charge < -0.3 is 25.8 Å². The highest BCUT2D eigenvalue weighted by Gasteiger charge is 2.37. The van der Waals surface area contributed by atoms with Gasteiger partial charge in [-0.2, -0.15) is 0 Å². The van der Waals surface area contributed by atoms with Crippen LogP contribution in [-0.4, -0.2) is 80.1 Å². The number of rotatable bonds is 8. The van der Waals surface area contributed by atoms with Crippen LogP contribution in [0.1, 0.15) is 30.3 Å². The number of nitrogens with one attached hydrogen (secondary N) is 3. The molecule has 6 rings (SSSR count). The molecular weight excluding hydrogens is 544 g/mol. The molecule has 43 heavy (non-hydrogen) atoms. The SMILES string of the molecule is C=CN/C=C(\C=C(/C)CN1CCC(F)(F)C1)c1ccc2c(n1)C(C1=CCc3c(cccc3N3CCN(C)CC3)N1)=CCN2. The van der Waals surface area contributed by atoms with Crippen LogP contribution in [0.2, 0.25) is 0 Å². The lowest BCUT2D eigenvalue weighted by Gasteiger charge is -2.36. The molecule has 0 atom stereocenters. The number of piperazine rings is 1. The van der Waals surface area contributed by atoms with Crippen LogP contribution in [-0.2, 0) is 6.42 Å². The van der Waals surface area contributed by atoms with Gasteiger partial charge in [0.15, 0.2) is 0 Å². The second-order valence-corrected chi connectivity index (χ2v) is 11.9. The molecule has 1 aromatic carbocycles. The third-order valence-electron chi connectivity index (χ3n) is 8.59. The first-order valence-electron chi connectivity index (χ1n) is 15.1. The number of aromatic nitrogens is 1. The van der Waals surface area contributed by atoms with E-state index in [9.17, 15) is 8.78 Å². The van der Waals surface area contributed by atoms with Gasteiger partial charge in [0, 0.05) is 92.2 Å². The minimum Gasteiger partial charge on any atom is -0.380 e. The third-order valence-corrected chi connectivity index (χ3v) is 8.59. The number of alkyl halides is 2. The van der Waals surface area contributed by atoms with Crippen molar-refractivity contribution in [2.45, 2.75) is 25.7 Å². The van der Waals surface area contributed by atoms with Gasteiger partial charge in [0.05, 0.1) is 23.6 Å². The summed E-state index contributed by atoms with van der Waals surface area (Å²) in [5.74, 6) is -2.60. The van der Waals surface area contributed by atoms with Crippen molar-refractivity contribution in [3.8, 4) is 0 Å². The fourth-order valence-corrected chi connectivity index (χ4v) is 6.34. The number of anilines is 3. The maximum atomic E-state index is 13.8. The Bertz CT molecular complexity index is 1500. The van der Waals surface area contributed by atoms with E-state index in [0.717, 1.165) is 84.3 Å². The summed E-state index contributed by atoms with van der Waals surface area (Å²) in [5, 5.41) is 10.3. The molecule has 0 spiro atoms. The van der Waals surface area contributed by atoms with E-state index < -0.39 is 5.92 Å². The zero-order valence-corrected chi connectivity index (χ0v) is 25.1. The number of likely N-dealkylation sites (tertiary alicyclic amines) is 1. The van der Waals surface area contributed by atoms with Gasteiger partial charge in [0.1, 0.15) is 0 Å². The van der Waals surface area contributed by atoms with Gasteiger partial charge in [0.2, 0.25) is 0 Å². The van der Waals surface area contributed by atoms with Crippen molar-refractivity contribution in [3.05, 3.63) is 95.8 Å². The molecule has 4 aliphatic rings. The Morgan fingerprint density at radius 1 is 1.09 bits per heavy atom. The Morgan fingerprint density at radius 2 is 1.93 bits per heavy atom. The average molecular weight is 586 g/mol. The van der Waals surface area contributed by atoms with E-state index in [1.165, 1.54) is 11.3 Å². The van der Waals surface area contributed by atoms with Crippen molar-refractivity contribution in [1.29, 1.82) is 0 Å². The first-order chi connectivity index (χ1) is 20.8. The van der Waals surface area contributed by atoms with Crippen LogP contribution in [0.25, 0.3) is 11.1 Å². The average Bonchev–Trinajstić information content (AvgIpc) is 3.35. The molecule has 2 aromatic rings. The second kappa shape index (κ2) is 12.3. The quantitative estimate of drug-likeness (QED) is 0.351. The molecular formula is C34H41F2N7. The summed E-state index contributed by atoms with van der Waals surface area (Å²) in [7, 11) is 2.18. The van der Waals surface area contributed by atoms with Crippen molar-refractivity contribution in [2.24, 2.45) is 0 Å². The van der Waals surface area contributed by atoms with E-state index in [4.69, 9.17) is 4.98 Å². The number of benzene rings is 1. The third kappa shape index (κ3) is 6.53. The molecule has 0 radical (unpaired) electrons. The highest BCUT2D eigenvalue weighted by atomic mass is 19.3.